The van der Waals surface area contributed by atoms with E-state index in [2.05, 4.69) is 5.32 Å². The Morgan fingerprint density at radius 3 is 2.42 bits per heavy atom. The van der Waals surface area contributed by atoms with Gasteiger partial charge in [-0.15, -0.1) is 0 Å². The largest absolute Gasteiger partial charge is 0.326 e. The summed E-state index contributed by atoms with van der Waals surface area (Å²) in [5, 5.41) is 13.4. The summed E-state index contributed by atoms with van der Waals surface area (Å²) in [6, 6.07) is 3.95. The topological polar surface area (TPSA) is 110 Å². The number of hydrogen-bond acceptors (Lipinski definition) is 5. The van der Waals surface area contributed by atoms with Crippen LogP contribution in [0.1, 0.15) is 32.1 Å². The van der Waals surface area contributed by atoms with Crippen molar-refractivity contribution in [1.82, 2.24) is 4.90 Å². The number of anilines is 1. The van der Waals surface area contributed by atoms with E-state index in [4.69, 9.17) is 11.6 Å². The summed E-state index contributed by atoms with van der Waals surface area (Å²) < 4.78 is 0. The summed E-state index contributed by atoms with van der Waals surface area (Å²) in [4.78, 5) is 48.3. The Kier molecular flexibility index (Phi) is 5.22. The maximum absolute atomic E-state index is 12.4. The Hall–Kier alpha value is -2.48. The zero-order valence-electron chi connectivity index (χ0n) is 13.9. The summed E-state index contributed by atoms with van der Waals surface area (Å²) in [7, 11) is 0. The van der Waals surface area contributed by atoms with Crippen molar-refractivity contribution in [1.29, 1.82) is 0 Å². The second kappa shape index (κ2) is 7.41. The summed E-state index contributed by atoms with van der Waals surface area (Å²) in [5.74, 6) is -1.28. The molecule has 1 aromatic rings. The smallest absolute Gasteiger partial charge is 0.289 e. The fourth-order valence-corrected chi connectivity index (χ4v) is 3.81. The molecule has 2 aliphatic rings. The fourth-order valence-electron chi connectivity index (χ4n) is 3.62. The van der Waals surface area contributed by atoms with E-state index in [1.165, 1.54) is 23.1 Å². The van der Waals surface area contributed by atoms with Gasteiger partial charge in [0, 0.05) is 24.7 Å². The van der Waals surface area contributed by atoms with E-state index >= 15 is 0 Å². The van der Waals surface area contributed by atoms with Gasteiger partial charge in [0.1, 0.15) is 5.02 Å². The van der Waals surface area contributed by atoms with E-state index in [1.807, 2.05) is 0 Å². The summed E-state index contributed by atoms with van der Waals surface area (Å²) >= 11 is 5.73. The lowest BCUT2D eigenvalue weighted by molar-refractivity contribution is -0.384. The van der Waals surface area contributed by atoms with Gasteiger partial charge < -0.3 is 5.32 Å². The number of halogens is 1. The minimum absolute atomic E-state index is 0.0200. The highest BCUT2D eigenvalue weighted by Crippen LogP contribution is 2.38. The summed E-state index contributed by atoms with van der Waals surface area (Å²) in [5.41, 5.74) is -0.0720. The molecule has 1 aliphatic carbocycles. The quantitative estimate of drug-likeness (QED) is 0.480. The molecule has 26 heavy (non-hydrogen) atoms. The molecule has 1 aliphatic heterocycles. The minimum atomic E-state index is -0.638. The molecule has 0 aromatic heterocycles. The number of carbonyl (C=O) groups is 3. The van der Waals surface area contributed by atoms with Crippen LogP contribution < -0.4 is 5.32 Å². The Morgan fingerprint density at radius 1 is 1.23 bits per heavy atom. The number of nitrogens with zero attached hydrogens (tertiary/aromatic N) is 2. The van der Waals surface area contributed by atoms with Crippen molar-refractivity contribution < 1.29 is 19.3 Å². The molecule has 2 fully saturated rings. The average Bonchev–Trinajstić information content (AvgIpc) is 2.86. The number of nitro groups is 1. The average molecular weight is 380 g/mol. The van der Waals surface area contributed by atoms with Crippen LogP contribution in [-0.4, -0.2) is 34.1 Å². The predicted octanol–water partition coefficient (Wildman–Crippen LogP) is 2.75. The molecule has 8 nitrogen and oxygen atoms in total. The van der Waals surface area contributed by atoms with Crippen LogP contribution in [0.4, 0.5) is 11.4 Å². The molecule has 1 heterocycles. The Labute approximate surface area is 154 Å². The number of rotatable bonds is 5. The molecule has 0 bridgehead atoms. The molecule has 0 radical (unpaired) electrons. The van der Waals surface area contributed by atoms with E-state index in [-0.39, 0.29) is 53.0 Å². The molecule has 138 valence electrons. The van der Waals surface area contributed by atoms with Crippen LogP contribution >= 0.6 is 11.6 Å². The lowest BCUT2D eigenvalue weighted by Gasteiger charge is -2.19. The molecule has 3 rings (SSSR count). The Balaban J connectivity index is 1.59. The first-order valence-corrected chi connectivity index (χ1v) is 8.85. The van der Waals surface area contributed by atoms with Gasteiger partial charge in [-0.3, -0.25) is 29.4 Å². The number of imide groups is 1. The van der Waals surface area contributed by atoms with Gasteiger partial charge in [0.2, 0.25) is 17.7 Å². The number of amides is 3. The molecule has 0 spiro atoms. The lowest BCUT2D eigenvalue weighted by atomic mass is 9.81. The van der Waals surface area contributed by atoms with E-state index in [1.54, 1.807) is 0 Å². The van der Waals surface area contributed by atoms with Gasteiger partial charge >= 0.3 is 0 Å². The van der Waals surface area contributed by atoms with E-state index in [9.17, 15) is 24.5 Å². The molecule has 2 atom stereocenters. The third kappa shape index (κ3) is 3.55. The molecule has 3 amide bonds. The Morgan fingerprint density at radius 2 is 1.85 bits per heavy atom. The number of nitrogens with one attached hydrogen (secondary N) is 1. The van der Waals surface area contributed by atoms with Gasteiger partial charge in [0.25, 0.3) is 5.69 Å². The zero-order chi connectivity index (χ0) is 18.8. The zero-order valence-corrected chi connectivity index (χ0v) is 14.7. The van der Waals surface area contributed by atoms with Crippen LogP contribution in [-0.2, 0) is 14.4 Å². The van der Waals surface area contributed by atoms with E-state index in [0.29, 0.717) is 0 Å². The van der Waals surface area contributed by atoms with E-state index in [0.717, 1.165) is 25.7 Å². The number of hydrogen-bond donors (Lipinski definition) is 1. The normalized spacial score (nSPS) is 22.3. The van der Waals surface area contributed by atoms with Crippen LogP contribution in [0.5, 0.6) is 0 Å². The number of fused-ring (bicyclic) bond motifs is 1. The second-order valence-electron chi connectivity index (χ2n) is 6.55. The molecule has 1 saturated heterocycles. The molecule has 9 heteroatoms. The predicted molar refractivity (Wildman–Crippen MR) is 93.5 cm³/mol. The van der Waals surface area contributed by atoms with Crippen molar-refractivity contribution in [3.05, 3.63) is 33.3 Å². The lowest BCUT2D eigenvalue weighted by Crippen LogP contribution is -2.34. The van der Waals surface area contributed by atoms with Gasteiger partial charge in [-0.05, 0) is 25.0 Å². The third-order valence-corrected chi connectivity index (χ3v) is 5.24. The highest BCUT2D eigenvalue weighted by Gasteiger charge is 2.47. The molecule has 1 saturated carbocycles. The van der Waals surface area contributed by atoms with Gasteiger partial charge in [-0.2, -0.15) is 0 Å². The van der Waals surface area contributed by atoms with Crippen LogP contribution in [0.15, 0.2) is 18.2 Å². The highest BCUT2D eigenvalue weighted by atomic mass is 35.5. The maximum atomic E-state index is 12.4. The number of nitro benzene ring substituents is 1. The molecular formula is C17H18ClN3O5. The van der Waals surface area contributed by atoms with Crippen LogP contribution in [0.25, 0.3) is 0 Å². The molecule has 1 N–H and O–H groups in total. The number of benzene rings is 1. The molecule has 1 aromatic carbocycles. The third-order valence-electron chi connectivity index (χ3n) is 4.92. The first-order valence-electron chi connectivity index (χ1n) is 8.47. The first kappa shape index (κ1) is 18.3. The van der Waals surface area contributed by atoms with Gasteiger partial charge in [-0.25, -0.2) is 0 Å². The van der Waals surface area contributed by atoms with Crippen molar-refractivity contribution in [3.63, 3.8) is 0 Å². The molecular weight excluding hydrogens is 362 g/mol. The van der Waals surface area contributed by atoms with E-state index < -0.39 is 10.8 Å². The van der Waals surface area contributed by atoms with Crippen LogP contribution in [0.3, 0.4) is 0 Å². The monoisotopic (exact) mass is 379 g/mol. The van der Waals surface area contributed by atoms with Crippen molar-refractivity contribution in [2.45, 2.75) is 32.1 Å². The van der Waals surface area contributed by atoms with Gasteiger partial charge in [0.15, 0.2) is 0 Å². The van der Waals surface area contributed by atoms with Crippen molar-refractivity contribution in [2.75, 3.05) is 11.9 Å². The van der Waals surface area contributed by atoms with Crippen LogP contribution in [0, 0.1) is 22.0 Å². The van der Waals surface area contributed by atoms with Crippen molar-refractivity contribution >= 4 is 40.7 Å². The molecule has 2 unspecified atom stereocenters. The van der Waals surface area contributed by atoms with Crippen molar-refractivity contribution in [3.8, 4) is 0 Å². The van der Waals surface area contributed by atoms with Crippen molar-refractivity contribution in [2.24, 2.45) is 11.8 Å². The van der Waals surface area contributed by atoms with Gasteiger partial charge in [0.05, 0.1) is 16.8 Å². The maximum Gasteiger partial charge on any atom is 0.289 e. The fraction of sp³-hybridized carbons (Fsp3) is 0.471. The number of likely N-dealkylation sites (tertiary alicyclic amines) is 1. The Bertz CT molecular complexity index is 758. The standard InChI is InChI=1S/C17H18ClN3O5/c18-13-6-5-10(9-14(13)21(25)26)19-15(22)7-8-20-16(23)11-3-1-2-4-12(11)17(20)24/h5-6,9,11-12H,1-4,7-8H2,(H,19,22). The minimum Gasteiger partial charge on any atom is -0.326 e. The SMILES string of the molecule is O=C(CCN1C(=O)C2CCCCC2C1=O)Nc1ccc(Cl)c([N+](=O)[O-])c1. The van der Waals surface area contributed by atoms with Gasteiger partial charge in [-0.1, -0.05) is 24.4 Å². The summed E-state index contributed by atoms with van der Waals surface area (Å²) in [6.07, 6.45) is 3.29. The summed E-state index contributed by atoms with van der Waals surface area (Å²) in [6.45, 7) is 0.0200. The van der Waals surface area contributed by atoms with Crippen LogP contribution in [0.2, 0.25) is 5.02 Å². The second-order valence-corrected chi connectivity index (χ2v) is 6.95. The number of carbonyl (C=O) groups excluding carboxylic acids is 3. The first-order chi connectivity index (χ1) is 12.4. The highest BCUT2D eigenvalue weighted by molar-refractivity contribution is 6.32.